The summed E-state index contributed by atoms with van der Waals surface area (Å²) in [6.07, 6.45) is 0. The summed E-state index contributed by atoms with van der Waals surface area (Å²) in [5, 5.41) is 4.52. The van der Waals surface area contributed by atoms with Gasteiger partial charge in [0.05, 0.1) is 19.2 Å². The van der Waals surface area contributed by atoms with E-state index in [4.69, 9.17) is 4.74 Å². The van der Waals surface area contributed by atoms with E-state index in [1.165, 1.54) is 15.9 Å². The molecule has 3 aromatic rings. The van der Waals surface area contributed by atoms with Crippen molar-refractivity contribution in [2.24, 2.45) is 0 Å². The minimum absolute atomic E-state index is 0.0335. The first-order chi connectivity index (χ1) is 12.9. The number of rotatable bonds is 6. The van der Waals surface area contributed by atoms with Gasteiger partial charge < -0.3 is 10.1 Å². The number of benzene rings is 1. The van der Waals surface area contributed by atoms with Crippen LogP contribution in [0.4, 0.5) is 0 Å². The molecule has 0 fully saturated rings. The third-order valence-electron chi connectivity index (χ3n) is 4.06. The molecule has 142 valence electrons. The summed E-state index contributed by atoms with van der Waals surface area (Å²) in [6, 6.07) is 8.86. The molecule has 0 bridgehead atoms. The lowest BCUT2D eigenvalue weighted by Crippen LogP contribution is -2.43. The number of carbonyl (C=O) groups is 1. The first kappa shape index (κ1) is 18.9. The van der Waals surface area contributed by atoms with Gasteiger partial charge in [-0.1, -0.05) is 12.1 Å². The number of methoxy groups -OCH3 is 1. The van der Waals surface area contributed by atoms with Crippen molar-refractivity contribution in [3.05, 3.63) is 62.1 Å². The van der Waals surface area contributed by atoms with Crippen LogP contribution >= 0.6 is 11.3 Å². The molecular weight excluding hydrogens is 366 g/mol. The Labute approximate surface area is 159 Å². The van der Waals surface area contributed by atoms with Gasteiger partial charge in [0, 0.05) is 6.04 Å². The monoisotopic (exact) mass is 387 g/mol. The van der Waals surface area contributed by atoms with E-state index in [2.05, 4.69) is 5.32 Å². The molecule has 0 radical (unpaired) electrons. The Morgan fingerprint density at radius 2 is 2.00 bits per heavy atom. The molecule has 2 heterocycles. The van der Waals surface area contributed by atoms with Crippen molar-refractivity contribution in [2.45, 2.75) is 33.0 Å². The van der Waals surface area contributed by atoms with Crippen molar-refractivity contribution in [3.8, 4) is 5.75 Å². The van der Waals surface area contributed by atoms with E-state index in [1.807, 2.05) is 19.9 Å². The molecule has 0 atom stereocenters. The van der Waals surface area contributed by atoms with Crippen LogP contribution in [0, 0.1) is 0 Å². The molecular formula is C19H21N3O4S. The van der Waals surface area contributed by atoms with Crippen LogP contribution in [-0.2, 0) is 17.9 Å². The molecule has 0 spiro atoms. The Bertz CT molecular complexity index is 1090. The van der Waals surface area contributed by atoms with Gasteiger partial charge in [-0.25, -0.2) is 4.79 Å². The van der Waals surface area contributed by atoms with Crippen molar-refractivity contribution < 1.29 is 9.53 Å². The molecule has 1 N–H and O–H groups in total. The Morgan fingerprint density at radius 3 is 2.70 bits per heavy atom. The number of hydrogen-bond acceptors (Lipinski definition) is 5. The van der Waals surface area contributed by atoms with Crippen molar-refractivity contribution in [2.75, 3.05) is 7.11 Å². The highest BCUT2D eigenvalue weighted by Crippen LogP contribution is 2.16. The van der Waals surface area contributed by atoms with Gasteiger partial charge in [-0.15, -0.1) is 11.3 Å². The lowest BCUT2D eigenvalue weighted by molar-refractivity contribution is -0.122. The van der Waals surface area contributed by atoms with E-state index >= 15 is 0 Å². The molecule has 8 heteroatoms. The molecule has 1 aromatic carbocycles. The topological polar surface area (TPSA) is 82.3 Å². The van der Waals surface area contributed by atoms with Gasteiger partial charge in [0.15, 0.2) is 0 Å². The van der Waals surface area contributed by atoms with Gasteiger partial charge in [0.25, 0.3) is 5.56 Å². The summed E-state index contributed by atoms with van der Waals surface area (Å²) >= 11 is 1.26. The Kier molecular flexibility index (Phi) is 5.46. The van der Waals surface area contributed by atoms with Gasteiger partial charge in [-0.2, -0.15) is 0 Å². The predicted molar refractivity (Wildman–Crippen MR) is 106 cm³/mol. The van der Waals surface area contributed by atoms with Crippen molar-refractivity contribution in [1.29, 1.82) is 0 Å². The van der Waals surface area contributed by atoms with E-state index < -0.39 is 5.69 Å². The first-order valence-electron chi connectivity index (χ1n) is 8.54. The fourth-order valence-electron chi connectivity index (χ4n) is 2.89. The molecule has 0 aliphatic rings. The minimum atomic E-state index is -0.507. The lowest BCUT2D eigenvalue weighted by Gasteiger charge is -2.14. The normalized spacial score (nSPS) is 11.1. The second-order valence-electron chi connectivity index (χ2n) is 6.47. The number of carbonyl (C=O) groups excluding carboxylic acids is 1. The third kappa shape index (κ3) is 3.95. The average molecular weight is 387 g/mol. The molecule has 1 amide bonds. The lowest BCUT2D eigenvalue weighted by atomic mass is 10.2. The number of ether oxygens (including phenoxy) is 1. The second-order valence-corrected chi connectivity index (χ2v) is 7.38. The highest BCUT2D eigenvalue weighted by Gasteiger charge is 2.17. The van der Waals surface area contributed by atoms with Crippen LogP contribution < -0.4 is 21.3 Å². The average Bonchev–Trinajstić information content (AvgIpc) is 3.11. The van der Waals surface area contributed by atoms with Crippen molar-refractivity contribution in [3.63, 3.8) is 0 Å². The van der Waals surface area contributed by atoms with Crippen LogP contribution in [0.3, 0.4) is 0 Å². The zero-order chi connectivity index (χ0) is 19.6. The molecule has 0 saturated carbocycles. The van der Waals surface area contributed by atoms with E-state index in [-0.39, 0.29) is 30.6 Å². The zero-order valence-corrected chi connectivity index (χ0v) is 16.2. The number of fused-ring (bicyclic) bond motifs is 1. The molecule has 0 aliphatic heterocycles. The maximum atomic E-state index is 13.0. The number of hydrogen-bond donors (Lipinski definition) is 1. The molecule has 7 nitrogen and oxygen atoms in total. The Morgan fingerprint density at radius 1 is 1.22 bits per heavy atom. The fourth-order valence-corrected chi connectivity index (χ4v) is 3.73. The number of amides is 1. The largest absolute Gasteiger partial charge is 0.497 e. The minimum Gasteiger partial charge on any atom is -0.497 e. The quantitative estimate of drug-likeness (QED) is 0.699. The second kappa shape index (κ2) is 7.79. The zero-order valence-electron chi connectivity index (χ0n) is 15.4. The fraction of sp³-hybridized carbons (Fsp3) is 0.316. The van der Waals surface area contributed by atoms with E-state index in [9.17, 15) is 14.4 Å². The van der Waals surface area contributed by atoms with Crippen LogP contribution in [0.25, 0.3) is 10.2 Å². The summed E-state index contributed by atoms with van der Waals surface area (Å²) < 4.78 is 8.17. The predicted octanol–water partition coefficient (Wildman–Crippen LogP) is 1.81. The smallest absolute Gasteiger partial charge is 0.332 e. The van der Waals surface area contributed by atoms with Crippen molar-refractivity contribution in [1.82, 2.24) is 14.5 Å². The summed E-state index contributed by atoms with van der Waals surface area (Å²) in [7, 11) is 1.56. The van der Waals surface area contributed by atoms with Crippen LogP contribution in [0.2, 0.25) is 0 Å². The number of nitrogens with one attached hydrogen (secondary N) is 1. The molecule has 0 saturated heterocycles. The number of aromatic nitrogens is 2. The summed E-state index contributed by atoms with van der Waals surface area (Å²) in [5.41, 5.74) is 0.388. The van der Waals surface area contributed by atoms with Gasteiger partial charge in [-0.3, -0.25) is 18.7 Å². The van der Waals surface area contributed by atoms with Crippen LogP contribution in [0.15, 0.2) is 45.3 Å². The maximum absolute atomic E-state index is 13.0. The van der Waals surface area contributed by atoms with Crippen LogP contribution in [0.1, 0.15) is 19.4 Å². The van der Waals surface area contributed by atoms with Crippen LogP contribution in [0.5, 0.6) is 5.75 Å². The standard InChI is InChI=1S/C19H21N3O4S/c1-12(2)20-16(23)11-21-15-7-8-27-17(15)18(24)22(19(21)25)10-13-5-4-6-14(9-13)26-3/h4-9,12H,10-11H2,1-3H3,(H,20,23). The molecule has 2 aromatic heterocycles. The van der Waals surface area contributed by atoms with Gasteiger partial charge >= 0.3 is 5.69 Å². The maximum Gasteiger partial charge on any atom is 0.332 e. The summed E-state index contributed by atoms with van der Waals surface area (Å²) in [4.78, 5) is 38.0. The number of nitrogens with zero attached hydrogens (tertiary/aromatic N) is 2. The molecule has 27 heavy (non-hydrogen) atoms. The van der Waals surface area contributed by atoms with Crippen molar-refractivity contribution >= 4 is 27.5 Å². The highest BCUT2D eigenvalue weighted by molar-refractivity contribution is 7.17. The molecule has 0 unspecified atom stereocenters. The van der Waals surface area contributed by atoms with Gasteiger partial charge in [-0.05, 0) is 43.0 Å². The SMILES string of the molecule is COc1cccc(Cn2c(=O)c3sccc3n(CC(=O)NC(C)C)c2=O)c1. The Hall–Kier alpha value is -2.87. The van der Waals surface area contributed by atoms with Crippen LogP contribution in [-0.4, -0.2) is 28.2 Å². The van der Waals surface area contributed by atoms with E-state index in [1.54, 1.807) is 36.8 Å². The molecule has 3 rings (SSSR count). The van der Waals surface area contributed by atoms with Gasteiger partial charge in [0.1, 0.15) is 17.0 Å². The number of thiophene rings is 1. The van der Waals surface area contributed by atoms with E-state index in [0.29, 0.717) is 16.0 Å². The van der Waals surface area contributed by atoms with E-state index in [0.717, 1.165) is 10.1 Å². The summed E-state index contributed by atoms with van der Waals surface area (Å²) in [6.45, 7) is 3.67. The highest BCUT2D eigenvalue weighted by atomic mass is 32.1. The van der Waals surface area contributed by atoms with Gasteiger partial charge in [0.2, 0.25) is 5.91 Å². The first-order valence-corrected chi connectivity index (χ1v) is 9.41. The summed E-state index contributed by atoms with van der Waals surface area (Å²) in [5.74, 6) is 0.376. The third-order valence-corrected chi connectivity index (χ3v) is 4.95. The molecule has 0 aliphatic carbocycles. The Balaban J connectivity index is 2.08.